The summed E-state index contributed by atoms with van der Waals surface area (Å²) in [7, 11) is 0. The highest BCUT2D eigenvalue weighted by Crippen LogP contribution is 2.36. The summed E-state index contributed by atoms with van der Waals surface area (Å²) in [5, 5.41) is 14.9. The standard InChI is InChI=1S/C16H32N2O2/c1-8-13(11(2)3)14(19)17-12-9-15(4,5)18(20)16(6,7)10-12/h11-13,20H,8-10H2,1-7H3,(H,17,19). The van der Waals surface area contributed by atoms with Crippen LogP contribution in [0.15, 0.2) is 0 Å². The van der Waals surface area contributed by atoms with Gasteiger partial charge in [0, 0.05) is 23.0 Å². The summed E-state index contributed by atoms with van der Waals surface area (Å²) >= 11 is 0. The van der Waals surface area contributed by atoms with Gasteiger partial charge in [0.2, 0.25) is 5.91 Å². The molecule has 1 fully saturated rings. The number of nitrogens with one attached hydrogen (secondary N) is 1. The predicted octanol–water partition coefficient (Wildman–Crippen LogP) is 3.20. The molecule has 0 saturated carbocycles. The first kappa shape index (κ1) is 17.4. The van der Waals surface area contributed by atoms with Gasteiger partial charge in [-0.1, -0.05) is 20.8 Å². The van der Waals surface area contributed by atoms with Crippen molar-refractivity contribution in [2.45, 2.75) is 84.8 Å². The number of carbonyl (C=O) groups is 1. The molecule has 1 amide bonds. The maximum Gasteiger partial charge on any atom is 0.223 e. The van der Waals surface area contributed by atoms with Gasteiger partial charge in [0.15, 0.2) is 0 Å². The van der Waals surface area contributed by atoms with Crippen molar-refractivity contribution in [3.63, 3.8) is 0 Å². The number of hydrogen-bond acceptors (Lipinski definition) is 3. The first-order valence-electron chi connectivity index (χ1n) is 7.81. The van der Waals surface area contributed by atoms with E-state index in [0.29, 0.717) is 5.92 Å². The Morgan fingerprint density at radius 2 is 1.70 bits per heavy atom. The predicted molar refractivity (Wildman–Crippen MR) is 81.6 cm³/mol. The van der Waals surface area contributed by atoms with Crippen LogP contribution in [0, 0.1) is 11.8 Å². The molecular weight excluding hydrogens is 252 g/mol. The molecular formula is C16H32N2O2. The van der Waals surface area contributed by atoms with E-state index in [9.17, 15) is 10.0 Å². The van der Waals surface area contributed by atoms with Crippen LogP contribution in [0.2, 0.25) is 0 Å². The van der Waals surface area contributed by atoms with Crippen LogP contribution in [0.3, 0.4) is 0 Å². The van der Waals surface area contributed by atoms with E-state index in [4.69, 9.17) is 0 Å². The molecule has 0 bridgehead atoms. The average molecular weight is 284 g/mol. The second kappa shape index (κ2) is 6.02. The summed E-state index contributed by atoms with van der Waals surface area (Å²) in [6, 6.07) is 0.128. The highest BCUT2D eigenvalue weighted by molar-refractivity contribution is 5.79. The Bertz CT molecular complexity index is 332. The van der Waals surface area contributed by atoms with E-state index < -0.39 is 0 Å². The normalized spacial score (nSPS) is 24.6. The Hall–Kier alpha value is -0.610. The molecule has 1 rings (SSSR count). The maximum atomic E-state index is 12.4. The average Bonchev–Trinajstić information content (AvgIpc) is 2.25. The molecule has 0 spiro atoms. The van der Waals surface area contributed by atoms with E-state index in [-0.39, 0.29) is 28.9 Å². The molecule has 0 aromatic rings. The van der Waals surface area contributed by atoms with Crippen LogP contribution in [-0.2, 0) is 4.79 Å². The summed E-state index contributed by atoms with van der Waals surface area (Å²) in [4.78, 5) is 12.4. The van der Waals surface area contributed by atoms with Crippen LogP contribution in [0.4, 0.5) is 0 Å². The lowest BCUT2D eigenvalue weighted by Gasteiger charge is -2.51. The molecule has 4 nitrogen and oxygen atoms in total. The lowest BCUT2D eigenvalue weighted by Crippen LogP contribution is -2.63. The van der Waals surface area contributed by atoms with E-state index in [1.165, 1.54) is 5.06 Å². The van der Waals surface area contributed by atoms with Crippen molar-refractivity contribution in [3.05, 3.63) is 0 Å². The minimum atomic E-state index is -0.320. The molecule has 118 valence electrons. The van der Waals surface area contributed by atoms with Gasteiger partial charge in [-0.2, -0.15) is 5.06 Å². The summed E-state index contributed by atoms with van der Waals surface area (Å²) in [5.74, 6) is 0.595. The Kier molecular flexibility index (Phi) is 5.25. The Balaban J connectivity index is 2.76. The van der Waals surface area contributed by atoms with Gasteiger partial charge in [-0.25, -0.2) is 0 Å². The molecule has 20 heavy (non-hydrogen) atoms. The first-order valence-corrected chi connectivity index (χ1v) is 7.81. The minimum absolute atomic E-state index is 0.0772. The van der Waals surface area contributed by atoms with Crippen LogP contribution >= 0.6 is 0 Å². The third-order valence-electron chi connectivity index (χ3n) is 4.57. The zero-order valence-corrected chi connectivity index (χ0v) is 14.2. The molecule has 2 N–H and O–H groups in total. The zero-order valence-electron chi connectivity index (χ0n) is 14.2. The number of carbonyl (C=O) groups excluding carboxylic acids is 1. The molecule has 1 aliphatic rings. The smallest absolute Gasteiger partial charge is 0.223 e. The van der Waals surface area contributed by atoms with Gasteiger partial charge in [-0.3, -0.25) is 4.79 Å². The highest BCUT2D eigenvalue weighted by atomic mass is 16.5. The molecule has 1 saturated heterocycles. The van der Waals surface area contributed by atoms with Crippen molar-refractivity contribution in [2.24, 2.45) is 11.8 Å². The van der Waals surface area contributed by atoms with Crippen molar-refractivity contribution in [1.82, 2.24) is 10.4 Å². The van der Waals surface area contributed by atoms with Gasteiger partial charge in [-0.05, 0) is 52.9 Å². The fraction of sp³-hybridized carbons (Fsp3) is 0.938. The number of rotatable bonds is 4. The molecule has 1 aliphatic heterocycles. The Labute approximate surface area is 123 Å². The molecule has 0 aliphatic carbocycles. The molecule has 0 aromatic carbocycles. The fourth-order valence-electron chi connectivity index (χ4n) is 3.64. The molecule has 1 atom stereocenters. The van der Waals surface area contributed by atoms with Crippen LogP contribution in [-0.4, -0.2) is 33.3 Å². The van der Waals surface area contributed by atoms with Crippen LogP contribution in [0.1, 0.15) is 67.7 Å². The number of piperidine rings is 1. The van der Waals surface area contributed by atoms with Crippen molar-refractivity contribution in [1.29, 1.82) is 0 Å². The van der Waals surface area contributed by atoms with Crippen molar-refractivity contribution >= 4 is 5.91 Å². The lowest BCUT2D eigenvalue weighted by molar-refractivity contribution is -0.246. The molecule has 0 aromatic heterocycles. The number of nitrogens with zero attached hydrogens (tertiary/aromatic N) is 1. The van der Waals surface area contributed by atoms with E-state index in [1.807, 2.05) is 27.7 Å². The molecule has 1 heterocycles. The Morgan fingerprint density at radius 3 is 2.05 bits per heavy atom. The Morgan fingerprint density at radius 1 is 1.25 bits per heavy atom. The largest absolute Gasteiger partial charge is 0.353 e. The van der Waals surface area contributed by atoms with Crippen molar-refractivity contribution in [2.75, 3.05) is 0 Å². The van der Waals surface area contributed by atoms with Crippen LogP contribution < -0.4 is 5.32 Å². The highest BCUT2D eigenvalue weighted by Gasteiger charge is 2.45. The molecule has 0 radical (unpaired) electrons. The van der Waals surface area contributed by atoms with Gasteiger partial charge in [-0.15, -0.1) is 0 Å². The summed E-state index contributed by atoms with van der Waals surface area (Å²) in [5.41, 5.74) is -0.640. The van der Waals surface area contributed by atoms with E-state index >= 15 is 0 Å². The second-order valence-electron chi connectivity index (χ2n) is 7.81. The van der Waals surface area contributed by atoms with E-state index in [1.54, 1.807) is 0 Å². The number of amides is 1. The summed E-state index contributed by atoms with van der Waals surface area (Å²) < 4.78 is 0. The van der Waals surface area contributed by atoms with Gasteiger partial charge < -0.3 is 10.5 Å². The zero-order chi connectivity index (χ0) is 15.7. The quantitative estimate of drug-likeness (QED) is 0.833. The SMILES string of the molecule is CCC(C(=O)NC1CC(C)(C)N(O)C(C)(C)C1)C(C)C. The summed E-state index contributed by atoms with van der Waals surface area (Å²) in [6.07, 6.45) is 2.41. The molecule has 1 unspecified atom stereocenters. The van der Waals surface area contributed by atoms with Crippen LogP contribution in [0.25, 0.3) is 0 Å². The minimum Gasteiger partial charge on any atom is -0.353 e. The third-order valence-corrected chi connectivity index (χ3v) is 4.57. The fourth-order valence-corrected chi connectivity index (χ4v) is 3.64. The number of hydroxylamine groups is 2. The topological polar surface area (TPSA) is 52.6 Å². The number of hydrogen-bond donors (Lipinski definition) is 2. The lowest BCUT2D eigenvalue weighted by atomic mass is 9.78. The van der Waals surface area contributed by atoms with Gasteiger partial charge in [0.25, 0.3) is 0 Å². The van der Waals surface area contributed by atoms with Crippen molar-refractivity contribution in [3.8, 4) is 0 Å². The third kappa shape index (κ3) is 3.73. The van der Waals surface area contributed by atoms with Crippen molar-refractivity contribution < 1.29 is 10.0 Å². The second-order valence-corrected chi connectivity index (χ2v) is 7.81. The van der Waals surface area contributed by atoms with Gasteiger partial charge >= 0.3 is 0 Å². The van der Waals surface area contributed by atoms with Gasteiger partial charge in [0.05, 0.1) is 0 Å². The van der Waals surface area contributed by atoms with Gasteiger partial charge in [0.1, 0.15) is 0 Å². The van der Waals surface area contributed by atoms with Crippen LogP contribution in [0.5, 0.6) is 0 Å². The monoisotopic (exact) mass is 284 g/mol. The van der Waals surface area contributed by atoms with E-state index in [0.717, 1.165) is 19.3 Å². The molecule has 4 heteroatoms. The maximum absolute atomic E-state index is 12.4. The summed E-state index contributed by atoms with van der Waals surface area (Å²) in [6.45, 7) is 14.3. The first-order chi connectivity index (χ1) is 9.01. The van der Waals surface area contributed by atoms with E-state index in [2.05, 4.69) is 26.1 Å².